The van der Waals surface area contributed by atoms with Crippen molar-refractivity contribution in [3.63, 3.8) is 0 Å². The number of benzene rings is 1. The van der Waals surface area contributed by atoms with E-state index in [1.54, 1.807) is 13.0 Å². The predicted molar refractivity (Wildman–Crippen MR) is 71.6 cm³/mol. The molecule has 1 aromatic rings. The summed E-state index contributed by atoms with van der Waals surface area (Å²) in [6.07, 6.45) is 0.174. The first-order valence-electron chi connectivity index (χ1n) is 5.21. The van der Waals surface area contributed by atoms with Crippen molar-refractivity contribution in [2.75, 3.05) is 6.61 Å². The Labute approximate surface area is 113 Å². The maximum atomic E-state index is 11.2. The molecule has 3 nitrogen and oxygen atoms in total. The van der Waals surface area contributed by atoms with Crippen molar-refractivity contribution in [3.05, 3.63) is 34.3 Å². The molecule has 0 aliphatic heterocycles. The molecule has 0 bridgehead atoms. The minimum Gasteiger partial charge on any atom is -0.466 e. The van der Waals surface area contributed by atoms with Crippen molar-refractivity contribution < 1.29 is 9.53 Å². The van der Waals surface area contributed by atoms with Crippen molar-refractivity contribution in [1.82, 2.24) is 0 Å². The number of esters is 1. The van der Waals surface area contributed by atoms with E-state index in [0.717, 1.165) is 11.1 Å². The summed E-state index contributed by atoms with van der Waals surface area (Å²) in [5.41, 5.74) is 7.73. The van der Waals surface area contributed by atoms with Crippen molar-refractivity contribution >= 4 is 30.0 Å². The van der Waals surface area contributed by atoms with Crippen LogP contribution >= 0.6 is 24.0 Å². The molecule has 17 heavy (non-hydrogen) atoms. The first kappa shape index (κ1) is 16.2. The van der Waals surface area contributed by atoms with Gasteiger partial charge in [0, 0.05) is 11.1 Å². The second kappa shape index (κ2) is 7.54. The monoisotopic (exact) mass is 277 g/mol. The molecular formula is C12H17Cl2NO2. The molecule has 0 aliphatic rings. The van der Waals surface area contributed by atoms with Gasteiger partial charge in [-0.15, -0.1) is 12.4 Å². The molecule has 96 valence electrons. The number of halogens is 2. The lowest BCUT2D eigenvalue weighted by atomic mass is 10.0. The summed E-state index contributed by atoms with van der Waals surface area (Å²) in [6.45, 7) is 4.06. The van der Waals surface area contributed by atoms with E-state index in [9.17, 15) is 4.79 Å². The van der Waals surface area contributed by atoms with Crippen molar-refractivity contribution in [1.29, 1.82) is 0 Å². The van der Waals surface area contributed by atoms with Crippen LogP contribution in [0.4, 0.5) is 0 Å². The summed E-state index contributed by atoms with van der Waals surface area (Å²) in [7, 11) is 0. The van der Waals surface area contributed by atoms with Crippen LogP contribution in [-0.2, 0) is 9.53 Å². The third-order valence-electron chi connectivity index (χ3n) is 2.32. The van der Waals surface area contributed by atoms with Gasteiger partial charge < -0.3 is 10.5 Å². The Hall–Kier alpha value is -0.770. The first-order chi connectivity index (χ1) is 7.54. The standard InChI is InChI=1S/C12H16ClNO2.ClH/c1-3-16-12(15)7-11(14)9-5-4-8(2)10(13)6-9;/h4-6,11H,3,7,14H2,1-2H3;1H/t11-;/m1./s1. The van der Waals surface area contributed by atoms with E-state index in [0.29, 0.717) is 11.6 Å². The Morgan fingerprint density at radius 1 is 1.53 bits per heavy atom. The van der Waals surface area contributed by atoms with Crippen LogP contribution in [0.5, 0.6) is 0 Å². The highest BCUT2D eigenvalue weighted by Crippen LogP contribution is 2.22. The molecule has 1 aromatic carbocycles. The zero-order chi connectivity index (χ0) is 12.1. The molecule has 0 aliphatic carbocycles. The van der Waals surface area contributed by atoms with Gasteiger partial charge in [0.05, 0.1) is 13.0 Å². The van der Waals surface area contributed by atoms with Gasteiger partial charge in [0.15, 0.2) is 0 Å². The summed E-state index contributed by atoms with van der Waals surface area (Å²) in [5.74, 6) is -0.285. The topological polar surface area (TPSA) is 52.3 Å². The van der Waals surface area contributed by atoms with E-state index in [-0.39, 0.29) is 30.8 Å². The predicted octanol–water partition coefficient (Wildman–Crippen LogP) is 3.02. The van der Waals surface area contributed by atoms with Gasteiger partial charge in [0.25, 0.3) is 0 Å². The Balaban J connectivity index is 0.00000256. The highest BCUT2D eigenvalue weighted by atomic mass is 35.5. The summed E-state index contributed by atoms with van der Waals surface area (Å²) in [6, 6.07) is 5.20. The number of hydrogen-bond donors (Lipinski definition) is 1. The fourth-order valence-corrected chi connectivity index (χ4v) is 1.55. The van der Waals surface area contributed by atoms with E-state index in [4.69, 9.17) is 22.1 Å². The summed E-state index contributed by atoms with van der Waals surface area (Å²) in [5, 5.41) is 0.664. The van der Waals surface area contributed by atoms with Crippen LogP contribution < -0.4 is 5.73 Å². The van der Waals surface area contributed by atoms with Gasteiger partial charge in [-0.3, -0.25) is 4.79 Å². The van der Waals surface area contributed by atoms with Crippen LogP contribution in [-0.4, -0.2) is 12.6 Å². The van der Waals surface area contributed by atoms with Gasteiger partial charge in [-0.2, -0.15) is 0 Å². The van der Waals surface area contributed by atoms with E-state index in [2.05, 4.69) is 0 Å². The molecule has 1 atom stereocenters. The fourth-order valence-electron chi connectivity index (χ4n) is 1.36. The van der Waals surface area contributed by atoms with Gasteiger partial charge in [-0.1, -0.05) is 23.7 Å². The third kappa shape index (κ3) is 4.94. The van der Waals surface area contributed by atoms with Gasteiger partial charge >= 0.3 is 5.97 Å². The molecule has 0 saturated heterocycles. The molecule has 0 heterocycles. The lowest BCUT2D eigenvalue weighted by Crippen LogP contribution is -2.17. The molecule has 2 N–H and O–H groups in total. The maximum Gasteiger partial charge on any atom is 0.307 e. The molecule has 0 saturated carbocycles. The Kier molecular flexibility index (Phi) is 7.19. The highest BCUT2D eigenvalue weighted by Gasteiger charge is 2.13. The van der Waals surface area contributed by atoms with Crippen LogP contribution in [0.3, 0.4) is 0 Å². The molecule has 0 amide bonds. The molecule has 1 rings (SSSR count). The maximum absolute atomic E-state index is 11.2. The Bertz CT molecular complexity index is 383. The van der Waals surface area contributed by atoms with Crippen LogP contribution in [0.25, 0.3) is 0 Å². The minimum atomic E-state index is -0.364. The number of nitrogens with two attached hydrogens (primary N) is 1. The van der Waals surface area contributed by atoms with Gasteiger partial charge in [0.2, 0.25) is 0 Å². The van der Waals surface area contributed by atoms with Crippen LogP contribution in [0.15, 0.2) is 18.2 Å². The molecule has 0 radical (unpaired) electrons. The summed E-state index contributed by atoms with van der Waals surface area (Å²) in [4.78, 5) is 11.2. The van der Waals surface area contributed by atoms with Gasteiger partial charge in [-0.25, -0.2) is 0 Å². The summed E-state index contributed by atoms with van der Waals surface area (Å²) >= 11 is 5.98. The first-order valence-corrected chi connectivity index (χ1v) is 5.59. The van der Waals surface area contributed by atoms with Gasteiger partial charge in [-0.05, 0) is 31.0 Å². The fraction of sp³-hybridized carbons (Fsp3) is 0.417. The summed E-state index contributed by atoms with van der Waals surface area (Å²) < 4.78 is 4.84. The third-order valence-corrected chi connectivity index (χ3v) is 2.72. The smallest absolute Gasteiger partial charge is 0.307 e. The van der Waals surface area contributed by atoms with Gasteiger partial charge in [0.1, 0.15) is 0 Å². The quantitative estimate of drug-likeness (QED) is 0.861. The molecule has 5 heteroatoms. The van der Waals surface area contributed by atoms with E-state index in [1.165, 1.54) is 0 Å². The van der Waals surface area contributed by atoms with Crippen LogP contribution in [0.1, 0.15) is 30.5 Å². The number of hydrogen-bond acceptors (Lipinski definition) is 3. The van der Waals surface area contributed by atoms with E-state index in [1.807, 2.05) is 19.1 Å². The number of carbonyl (C=O) groups excluding carboxylic acids is 1. The molecular weight excluding hydrogens is 261 g/mol. The Morgan fingerprint density at radius 3 is 2.71 bits per heavy atom. The molecule has 0 aromatic heterocycles. The second-order valence-electron chi connectivity index (χ2n) is 3.62. The molecule has 0 spiro atoms. The average molecular weight is 278 g/mol. The van der Waals surface area contributed by atoms with E-state index >= 15 is 0 Å². The van der Waals surface area contributed by atoms with Crippen molar-refractivity contribution in [2.45, 2.75) is 26.3 Å². The minimum absolute atomic E-state index is 0. The second-order valence-corrected chi connectivity index (χ2v) is 4.03. The number of aryl methyl sites for hydroxylation is 1. The van der Waals surface area contributed by atoms with Crippen molar-refractivity contribution in [3.8, 4) is 0 Å². The number of carbonyl (C=O) groups is 1. The van der Waals surface area contributed by atoms with E-state index < -0.39 is 0 Å². The SMILES string of the molecule is CCOC(=O)C[C@@H](N)c1ccc(C)c(Cl)c1.Cl. The zero-order valence-corrected chi connectivity index (χ0v) is 11.5. The zero-order valence-electron chi connectivity index (χ0n) is 9.90. The van der Waals surface area contributed by atoms with Crippen molar-refractivity contribution in [2.24, 2.45) is 5.73 Å². The Morgan fingerprint density at radius 2 is 2.18 bits per heavy atom. The van der Waals surface area contributed by atoms with Crippen LogP contribution in [0, 0.1) is 6.92 Å². The normalized spacial score (nSPS) is 11.5. The molecule has 0 fully saturated rings. The lowest BCUT2D eigenvalue weighted by molar-refractivity contribution is -0.143. The lowest BCUT2D eigenvalue weighted by Gasteiger charge is -2.12. The average Bonchev–Trinajstić information content (AvgIpc) is 2.22. The number of rotatable bonds is 4. The largest absolute Gasteiger partial charge is 0.466 e. The highest BCUT2D eigenvalue weighted by molar-refractivity contribution is 6.31. The van der Waals surface area contributed by atoms with Crippen LogP contribution in [0.2, 0.25) is 5.02 Å². The molecule has 0 unspecified atom stereocenters. The number of ether oxygens (including phenoxy) is 1.